The third-order valence-electron chi connectivity index (χ3n) is 5.37. The zero-order chi connectivity index (χ0) is 19.7. The fraction of sp³-hybridized carbons (Fsp3) is 0.273. The number of aromatic nitrogens is 1. The second-order valence-corrected chi connectivity index (χ2v) is 8.12. The first-order valence-electron chi connectivity index (χ1n) is 9.47. The zero-order valence-corrected chi connectivity index (χ0v) is 17.0. The molecular weight excluding hydrogens is 368 g/mol. The monoisotopic (exact) mass is 392 g/mol. The summed E-state index contributed by atoms with van der Waals surface area (Å²) in [5.41, 5.74) is 11.4. The predicted molar refractivity (Wildman–Crippen MR) is 116 cm³/mol. The summed E-state index contributed by atoms with van der Waals surface area (Å²) in [5.74, 6) is 0.0219. The molecule has 1 amide bonds. The van der Waals surface area contributed by atoms with E-state index in [1.165, 1.54) is 28.2 Å². The van der Waals surface area contributed by atoms with Gasteiger partial charge in [-0.2, -0.15) is 0 Å². The van der Waals surface area contributed by atoms with Crippen molar-refractivity contribution in [1.29, 1.82) is 0 Å². The molecule has 1 fully saturated rings. The summed E-state index contributed by atoms with van der Waals surface area (Å²) in [7, 11) is 0. The summed E-state index contributed by atoms with van der Waals surface area (Å²) in [6.07, 6.45) is 0. The highest BCUT2D eigenvalue weighted by Gasteiger charge is 2.27. The predicted octanol–water partition coefficient (Wildman–Crippen LogP) is 3.97. The normalized spacial score (nSPS) is 14.4. The highest BCUT2D eigenvalue weighted by Crippen LogP contribution is 2.31. The molecule has 1 aliphatic rings. The summed E-state index contributed by atoms with van der Waals surface area (Å²) in [6.45, 7) is 7.33. The van der Waals surface area contributed by atoms with Gasteiger partial charge in [0.15, 0.2) is 5.13 Å². The molecule has 2 heterocycles. The smallest absolute Gasteiger partial charge is 0.266 e. The van der Waals surface area contributed by atoms with Crippen LogP contribution in [0.3, 0.4) is 0 Å². The Morgan fingerprint density at radius 2 is 1.71 bits per heavy atom. The number of rotatable bonds is 3. The number of nitrogens with two attached hydrogens (primary N) is 1. The van der Waals surface area contributed by atoms with Crippen molar-refractivity contribution in [3.8, 4) is 11.3 Å². The number of benzene rings is 2. The Morgan fingerprint density at radius 3 is 2.43 bits per heavy atom. The number of carbonyl (C=O) groups is 1. The van der Waals surface area contributed by atoms with Gasteiger partial charge in [0.2, 0.25) is 0 Å². The minimum atomic E-state index is 0.0219. The summed E-state index contributed by atoms with van der Waals surface area (Å²) >= 11 is 1.27. The number of piperazine rings is 1. The van der Waals surface area contributed by atoms with Crippen molar-refractivity contribution >= 4 is 28.1 Å². The quantitative estimate of drug-likeness (QED) is 0.733. The van der Waals surface area contributed by atoms with Gasteiger partial charge in [0.25, 0.3) is 5.91 Å². The van der Waals surface area contributed by atoms with Crippen molar-refractivity contribution in [2.24, 2.45) is 0 Å². The Balaban J connectivity index is 1.52. The summed E-state index contributed by atoms with van der Waals surface area (Å²) in [4.78, 5) is 22.5. The number of nitrogens with zero attached hydrogens (tertiary/aromatic N) is 3. The van der Waals surface area contributed by atoms with Crippen LogP contribution >= 0.6 is 11.3 Å². The zero-order valence-electron chi connectivity index (χ0n) is 16.2. The lowest BCUT2D eigenvalue weighted by Gasteiger charge is -2.37. The molecule has 3 aromatic rings. The number of hydrogen-bond acceptors (Lipinski definition) is 5. The van der Waals surface area contributed by atoms with E-state index in [9.17, 15) is 4.79 Å². The van der Waals surface area contributed by atoms with E-state index in [0.29, 0.717) is 28.8 Å². The molecule has 0 atom stereocenters. The van der Waals surface area contributed by atoms with E-state index < -0.39 is 0 Å². The van der Waals surface area contributed by atoms with Crippen LogP contribution in [0.2, 0.25) is 0 Å². The highest BCUT2D eigenvalue weighted by atomic mass is 32.1. The maximum Gasteiger partial charge on any atom is 0.266 e. The van der Waals surface area contributed by atoms with Gasteiger partial charge < -0.3 is 15.5 Å². The summed E-state index contributed by atoms with van der Waals surface area (Å²) in [6, 6.07) is 16.2. The molecule has 4 rings (SSSR count). The van der Waals surface area contributed by atoms with Crippen LogP contribution in [0.1, 0.15) is 20.8 Å². The first-order chi connectivity index (χ1) is 13.5. The third kappa shape index (κ3) is 3.47. The molecule has 144 valence electrons. The molecule has 1 saturated heterocycles. The lowest BCUT2D eigenvalue weighted by Crippen LogP contribution is -2.49. The van der Waals surface area contributed by atoms with Gasteiger partial charge in [-0.15, -0.1) is 0 Å². The van der Waals surface area contributed by atoms with E-state index in [1.54, 1.807) is 0 Å². The molecule has 1 aromatic heterocycles. The Morgan fingerprint density at radius 1 is 1.00 bits per heavy atom. The van der Waals surface area contributed by atoms with Crippen LogP contribution < -0.4 is 10.6 Å². The number of aryl methyl sites for hydroxylation is 1. The maximum atomic E-state index is 13.2. The molecule has 6 heteroatoms. The van der Waals surface area contributed by atoms with Crippen molar-refractivity contribution in [2.45, 2.75) is 13.8 Å². The average molecular weight is 393 g/mol. The van der Waals surface area contributed by atoms with Gasteiger partial charge in [-0.05, 0) is 31.0 Å². The van der Waals surface area contributed by atoms with Crippen LogP contribution in [0.4, 0.5) is 10.8 Å². The minimum Gasteiger partial charge on any atom is -0.375 e. The SMILES string of the molecule is Cc1cccc(N2CCN(C(=O)c3sc(N)nc3-c3ccccc3)CC2)c1C. The van der Waals surface area contributed by atoms with Gasteiger partial charge >= 0.3 is 0 Å². The lowest BCUT2D eigenvalue weighted by molar-refractivity contribution is 0.0752. The van der Waals surface area contributed by atoms with Crippen LogP contribution in [0.5, 0.6) is 0 Å². The number of anilines is 2. The van der Waals surface area contributed by atoms with Crippen LogP contribution in [0, 0.1) is 13.8 Å². The lowest BCUT2D eigenvalue weighted by atomic mass is 10.1. The van der Waals surface area contributed by atoms with E-state index in [1.807, 2.05) is 35.2 Å². The molecule has 1 aliphatic heterocycles. The Bertz CT molecular complexity index is 991. The van der Waals surface area contributed by atoms with E-state index in [-0.39, 0.29) is 5.91 Å². The molecule has 0 aliphatic carbocycles. The van der Waals surface area contributed by atoms with Crippen LogP contribution in [-0.2, 0) is 0 Å². The van der Waals surface area contributed by atoms with Crippen molar-refractivity contribution in [3.63, 3.8) is 0 Å². The number of hydrogen-bond donors (Lipinski definition) is 1. The molecule has 5 nitrogen and oxygen atoms in total. The number of nitrogen functional groups attached to an aromatic ring is 1. The van der Waals surface area contributed by atoms with Gasteiger partial charge in [0.05, 0.1) is 5.69 Å². The molecule has 0 bridgehead atoms. The van der Waals surface area contributed by atoms with Gasteiger partial charge in [-0.1, -0.05) is 53.8 Å². The molecule has 0 radical (unpaired) electrons. The maximum absolute atomic E-state index is 13.2. The van der Waals surface area contributed by atoms with Crippen LogP contribution in [0.15, 0.2) is 48.5 Å². The van der Waals surface area contributed by atoms with Gasteiger partial charge in [-0.25, -0.2) is 4.98 Å². The van der Waals surface area contributed by atoms with E-state index in [2.05, 4.69) is 41.9 Å². The molecular formula is C22H24N4OS. The summed E-state index contributed by atoms with van der Waals surface area (Å²) < 4.78 is 0. The van der Waals surface area contributed by atoms with E-state index in [4.69, 9.17) is 5.73 Å². The molecule has 2 aromatic carbocycles. The fourth-order valence-electron chi connectivity index (χ4n) is 3.65. The Labute approximate surface area is 169 Å². The van der Waals surface area contributed by atoms with Gasteiger partial charge in [-0.3, -0.25) is 4.79 Å². The molecule has 0 saturated carbocycles. The standard InChI is InChI=1S/C22H24N4OS/c1-15-7-6-10-18(16(15)2)25-11-13-26(14-12-25)21(27)20-19(24-22(23)28-20)17-8-4-3-5-9-17/h3-10H,11-14H2,1-2H3,(H2,23,24). The Hall–Kier alpha value is -2.86. The van der Waals surface area contributed by atoms with Crippen molar-refractivity contribution in [1.82, 2.24) is 9.88 Å². The van der Waals surface area contributed by atoms with Gasteiger partial charge in [0.1, 0.15) is 4.88 Å². The molecule has 28 heavy (non-hydrogen) atoms. The van der Waals surface area contributed by atoms with Gasteiger partial charge in [0, 0.05) is 37.4 Å². The second kappa shape index (κ2) is 7.64. The van der Waals surface area contributed by atoms with Crippen molar-refractivity contribution in [2.75, 3.05) is 36.8 Å². The minimum absolute atomic E-state index is 0.0219. The fourth-order valence-corrected chi connectivity index (χ4v) is 4.47. The van der Waals surface area contributed by atoms with Crippen molar-refractivity contribution < 1.29 is 4.79 Å². The summed E-state index contributed by atoms with van der Waals surface area (Å²) in [5, 5.41) is 0.427. The first-order valence-corrected chi connectivity index (χ1v) is 10.3. The largest absolute Gasteiger partial charge is 0.375 e. The second-order valence-electron chi connectivity index (χ2n) is 7.09. The molecule has 0 unspecified atom stereocenters. The first kappa shape index (κ1) is 18.5. The Kier molecular flexibility index (Phi) is 5.05. The molecule has 2 N–H and O–H groups in total. The number of amides is 1. The number of thiazole rings is 1. The van der Waals surface area contributed by atoms with E-state index in [0.717, 1.165) is 18.7 Å². The third-order valence-corrected chi connectivity index (χ3v) is 6.24. The highest BCUT2D eigenvalue weighted by molar-refractivity contribution is 7.17. The van der Waals surface area contributed by atoms with Crippen molar-refractivity contribution in [3.05, 3.63) is 64.5 Å². The van der Waals surface area contributed by atoms with Crippen LogP contribution in [-0.4, -0.2) is 42.0 Å². The van der Waals surface area contributed by atoms with E-state index >= 15 is 0 Å². The number of carbonyl (C=O) groups excluding carboxylic acids is 1. The molecule has 0 spiro atoms. The van der Waals surface area contributed by atoms with Crippen LogP contribution in [0.25, 0.3) is 11.3 Å². The topological polar surface area (TPSA) is 62.5 Å². The average Bonchev–Trinajstić information content (AvgIpc) is 3.12.